The van der Waals surface area contributed by atoms with Crippen LogP contribution in [0.1, 0.15) is 45.5 Å². The zero-order valence-corrected chi connectivity index (χ0v) is 20.3. The number of hydrogen-bond donors (Lipinski definition) is 2. The van der Waals surface area contributed by atoms with Gasteiger partial charge in [0.2, 0.25) is 5.91 Å². The second kappa shape index (κ2) is 7.14. The number of aryl methyl sites for hydroxylation is 2. The van der Waals surface area contributed by atoms with Gasteiger partial charge >= 0.3 is 0 Å². The van der Waals surface area contributed by atoms with Gasteiger partial charge in [0.25, 0.3) is 5.91 Å². The average Bonchev–Trinajstić information content (AvgIpc) is 3.59. The molecule has 4 aliphatic rings. The standard InChI is InChI=1S/C30H27N3O3/c1-17-12-14-19(15-13-17)26(34)24-23-11-6-16-33(23)30(21-9-5-7-18(2)25(21)32-28(30)36)29(24)20-8-3-4-10-22(20)31-27(29)35/h3-5,7-10,12-15,23-24H,6,11,16H2,1-2H3,(H,31,35)(H,32,36). The fourth-order valence-electron chi connectivity index (χ4n) is 7.65. The molecule has 7 rings (SSSR count). The molecule has 3 aromatic rings. The van der Waals surface area contributed by atoms with E-state index in [1.165, 1.54) is 0 Å². The molecule has 36 heavy (non-hydrogen) atoms. The summed E-state index contributed by atoms with van der Waals surface area (Å²) in [6.07, 6.45) is 1.63. The molecule has 4 heterocycles. The molecule has 2 amide bonds. The lowest BCUT2D eigenvalue weighted by molar-refractivity contribution is -0.137. The molecule has 3 aromatic carbocycles. The third-order valence-electron chi connectivity index (χ3n) is 8.96. The number of benzene rings is 3. The number of anilines is 2. The Morgan fingerprint density at radius 2 is 1.64 bits per heavy atom. The van der Waals surface area contributed by atoms with Crippen molar-refractivity contribution >= 4 is 29.0 Å². The molecule has 0 aliphatic carbocycles. The van der Waals surface area contributed by atoms with Crippen LogP contribution in [0, 0.1) is 19.8 Å². The first-order valence-corrected chi connectivity index (χ1v) is 12.6. The van der Waals surface area contributed by atoms with E-state index < -0.39 is 16.9 Å². The topological polar surface area (TPSA) is 78.5 Å². The van der Waals surface area contributed by atoms with Crippen molar-refractivity contribution in [2.24, 2.45) is 5.92 Å². The van der Waals surface area contributed by atoms with Crippen molar-refractivity contribution in [3.8, 4) is 0 Å². The van der Waals surface area contributed by atoms with Crippen LogP contribution in [0.2, 0.25) is 0 Å². The summed E-state index contributed by atoms with van der Waals surface area (Å²) in [7, 11) is 0. The van der Waals surface area contributed by atoms with Crippen molar-refractivity contribution in [3.63, 3.8) is 0 Å². The van der Waals surface area contributed by atoms with E-state index in [-0.39, 0.29) is 23.6 Å². The van der Waals surface area contributed by atoms with Crippen LogP contribution in [-0.4, -0.2) is 35.1 Å². The van der Waals surface area contributed by atoms with Gasteiger partial charge < -0.3 is 10.6 Å². The van der Waals surface area contributed by atoms with Crippen LogP contribution >= 0.6 is 0 Å². The van der Waals surface area contributed by atoms with Crippen LogP contribution in [0.3, 0.4) is 0 Å². The predicted molar refractivity (Wildman–Crippen MR) is 137 cm³/mol. The third-order valence-corrected chi connectivity index (χ3v) is 8.96. The van der Waals surface area contributed by atoms with Crippen LogP contribution in [0.4, 0.5) is 11.4 Å². The maximum absolute atomic E-state index is 14.5. The van der Waals surface area contributed by atoms with E-state index in [2.05, 4.69) is 15.5 Å². The van der Waals surface area contributed by atoms with Crippen LogP contribution in [0.25, 0.3) is 0 Å². The molecule has 0 aromatic heterocycles. The number of rotatable bonds is 2. The highest BCUT2D eigenvalue weighted by Gasteiger charge is 2.81. The highest BCUT2D eigenvalue weighted by molar-refractivity contribution is 6.21. The molecule has 4 aliphatic heterocycles. The largest absolute Gasteiger partial charge is 0.325 e. The molecular formula is C30H27N3O3. The Morgan fingerprint density at radius 1 is 0.889 bits per heavy atom. The highest BCUT2D eigenvalue weighted by Crippen LogP contribution is 2.68. The lowest BCUT2D eigenvalue weighted by Gasteiger charge is -2.43. The molecule has 0 radical (unpaired) electrons. The molecule has 6 nitrogen and oxygen atoms in total. The second-order valence-electron chi connectivity index (χ2n) is 10.6. The molecule has 0 bridgehead atoms. The van der Waals surface area contributed by atoms with Crippen molar-refractivity contribution in [1.82, 2.24) is 4.90 Å². The molecule has 2 spiro atoms. The van der Waals surface area contributed by atoms with Gasteiger partial charge in [-0.15, -0.1) is 0 Å². The molecule has 2 saturated heterocycles. The average molecular weight is 478 g/mol. The maximum Gasteiger partial charge on any atom is 0.251 e. The molecule has 6 heteroatoms. The smallest absolute Gasteiger partial charge is 0.251 e. The number of hydrogen-bond acceptors (Lipinski definition) is 4. The van der Waals surface area contributed by atoms with Gasteiger partial charge in [0.05, 0.1) is 5.92 Å². The first-order chi connectivity index (χ1) is 17.4. The van der Waals surface area contributed by atoms with E-state index in [1.807, 2.05) is 80.6 Å². The zero-order valence-electron chi connectivity index (χ0n) is 20.3. The van der Waals surface area contributed by atoms with Crippen LogP contribution in [0.5, 0.6) is 0 Å². The van der Waals surface area contributed by atoms with Crippen molar-refractivity contribution in [2.45, 2.75) is 43.7 Å². The SMILES string of the molecule is Cc1ccc(C(=O)C2C3CCCN3C3(C(=O)Nc4c(C)cccc43)C23C(=O)Nc2ccccc23)cc1. The monoisotopic (exact) mass is 477 g/mol. The van der Waals surface area contributed by atoms with Gasteiger partial charge in [-0.25, -0.2) is 0 Å². The summed E-state index contributed by atoms with van der Waals surface area (Å²) < 4.78 is 0. The lowest BCUT2D eigenvalue weighted by atomic mass is 9.57. The summed E-state index contributed by atoms with van der Waals surface area (Å²) in [5, 5.41) is 6.23. The lowest BCUT2D eigenvalue weighted by Crippen LogP contribution is -2.62. The van der Waals surface area contributed by atoms with E-state index in [4.69, 9.17) is 0 Å². The Bertz CT molecular complexity index is 1480. The number of ketones is 1. The summed E-state index contributed by atoms with van der Waals surface area (Å²) >= 11 is 0. The number of nitrogens with one attached hydrogen (secondary N) is 2. The molecule has 2 N–H and O–H groups in total. The van der Waals surface area contributed by atoms with E-state index >= 15 is 0 Å². The zero-order chi connectivity index (χ0) is 24.8. The van der Waals surface area contributed by atoms with Gasteiger partial charge in [0.1, 0.15) is 11.0 Å². The number of nitrogens with zero attached hydrogens (tertiary/aromatic N) is 1. The molecular weight excluding hydrogens is 450 g/mol. The predicted octanol–water partition coefficient (Wildman–Crippen LogP) is 4.32. The summed E-state index contributed by atoms with van der Waals surface area (Å²) in [5.41, 5.74) is 2.86. The number of carbonyl (C=O) groups is 3. The second-order valence-corrected chi connectivity index (χ2v) is 10.6. The van der Waals surface area contributed by atoms with Crippen molar-refractivity contribution in [2.75, 3.05) is 17.2 Å². The summed E-state index contributed by atoms with van der Waals surface area (Å²) in [6, 6.07) is 20.8. The minimum absolute atomic E-state index is 0.0791. The van der Waals surface area contributed by atoms with Crippen LogP contribution < -0.4 is 10.6 Å². The summed E-state index contributed by atoms with van der Waals surface area (Å²) in [6.45, 7) is 4.61. The maximum atomic E-state index is 14.5. The molecule has 2 fully saturated rings. The third kappa shape index (κ3) is 2.29. The quantitative estimate of drug-likeness (QED) is 0.539. The molecule has 180 valence electrons. The Labute approximate surface area is 209 Å². The Morgan fingerprint density at radius 3 is 2.44 bits per heavy atom. The van der Waals surface area contributed by atoms with E-state index in [1.54, 1.807) is 0 Å². The van der Waals surface area contributed by atoms with Crippen molar-refractivity contribution in [3.05, 3.63) is 94.5 Å². The fraction of sp³-hybridized carbons (Fsp3) is 0.300. The minimum atomic E-state index is -1.39. The molecule has 0 saturated carbocycles. The molecule has 4 atom stereocenters. The normalized spacial score (nSPS) is 29.8. The number of para-hydroxylation sites is 2. The van der Waals surface area contributed by atoms with Crippen molar-refractivity contribution < 1.29 is 14.4 Å². The van der Waals surface area contributed by atoms with Gasteiger partial charge in [0, 0.05) is 28.5 Å². The number of Topliss-reactive ketones (excluding diaryl/α,β-unsaturated/α-hetero) is 1. The van der Waals surface area contributed by atoms with Crippen molar-refractivity contribution in [1.29, 1.82) is 0 Å². The van der Waals surface area contributed by atoms with E-state index in [0.29, 0.717) is 17.8 Å². The molecule has 4 unspecified atom stereocenters. The first-order valence-electron chi connectivity index (χ1n) is 12.6. The number of fused-ring (bicyclic) bond motifs is 7. The van der Waals surface area contributed by atoms with Gasteiger partial charge in [-0.2, -0.15) is 0 Å². The Balaban J connectivity index is 1.59. The van der Waals surface area contributed by atoms with E-state index in [0.717, 1.165) is 40.8 Å². The van der Waals surface area contributed by atoms with Crippen LogP contribution in [0.15, 0.2) is 66.7 Å². The number of carbonyl (C=O) groups excluding carboxylic acids is 3. The summed E-state index contributed by atoms with van der Waals surface area (Å²) in [5.74, 6) is -1.27. The highest BCUT2D eigenvalue weighted by atomic mass is 16.2. The Hall–Kier alpha value is -3.77. The summed E-state index contributed by atoms with van der Waals surface area (Å²) in [4.78, 5) is 45.5. The minimum Gasteiger partial charge on any atom is -0.325 e. The van der Waals surface area contributed by atoms with Gasteiger partial charge in [-0.1, -0.05) is 66.2 Å². The fourth-order valence-corrected chi connectivity index (χ4v) is 7.65. The number of amides is 2. The van der Waals surface area contributed by atoms with Gasteiger partial charge in [-0.05, 0) is 50.4 Å². The first kappa shape index (κ1) is 21.5. The van der Waals surface area contributed by atoms with Crippen LogP contribution in [-0.2, 0) is 20.5 Å². The van der Waals surface area contributed by atoms with E-state index in [9.17, 15) is 14.4 Å². The Kier molecular flexibility index (Phi) is 4.26. The van der Waals surface area contributed by atoms with Gasteiger partial charge in [-0.3, -0.25) is 19.3 Å². The van der Waals surface area contributed by atoms with Gasteiger partial charge in [0.15, 0.2) is 5.78 Å².